The van der Waals surface area contributed by atoms with E-state index in [2.05, 4.69) is 29.8 Å². The Morgan fingerprint density at radius 1 is 0.900 bits per heavy atom. The van der Waals surface area contributed by atoms with Crippen molar-refractivity contribution in [2.24, 2.45) is 10.8 Å². The first-order valence-corrected chi connectivity index (χ1v) is 9.73. The zero-order chi connectivity index (χ0) is 14.2. The van der Waals surface area contributed by atoms with Crippen LogP contribution in [-0.4, -0.2) is 17.0 Å². The van der Waals surface area contributed by atoms with Crippen LogP contribution in [0.3, 0.4) is 0 Å². The van der Waals surface area contributed by atoms with E-state index in [1.165, 1.54) is 70.6 Å². The summed E-state index contributed by atoms with van der Waals surface area (Å²) in [6.45, 7) is 4.82. The minimum Gasteiger partial charge on any atom is -0.374 e. The highest BCUT2D eigenvalue weighted by Crippen LogP contribution is 2.56. The van der Waals surface area contributed by atoms with Crippen LogP contribution in [0.15, 0.2) is 0 Å². The first-order valence-electron chi connectivity index (χ1n) is 8.81. The molecule has 0 amide bonds. The Bertz CT molecular complexity index is 320. The number of ether oxygens (including phenoxy) is 1. The van der Waals surface area contributed by atoms with Gasteiger partial charge in [-0.15, -0.1) is 0 Å². The molecule has 0 aliphatic heterocycles. The molecule has 0 heterocycles. The summed E-state index contributed by atoms with van der Waals surface area (Å²) in [6, 6.07) is 0. The largest absolute Gasteiger partial charge is 0.374 e. The third-order valence-electron chi connectivity index (χ3n) is 6.36. The lowest BCUT2D eigenvalue weighted by atomic mass is 9.61. The highest BCUT2D eigenvalue weighted by atomic mass is 79.9. The first-order chi connectivity index (χ1) is 9.52. The van der Waals surface area contributed by atoms with Crippen molar-refractivity contribution in [1.29, 1.82) is 0 Å². The van der Waals surface area contributed by atoms with Crippen molar-refractivity contribution in [3.63, 3.8) is 0 Å². The second kappa shape index (κ2) is 5.91. The van der Waals surface area contributed by atoms with Crippen LogP contribution < -0.4 is 0 Å². The molecule has 3 aliphatic carbocycles. The van der Waals surface area contributed by atoms with E-state index < -0.39 is 0 Å². The van der Waals surface area contributed by atoms with Gasteiger partial charge >= 0.3 is 0 Å². The maximum Gasteiger partial charge on any atom is 0.0656 e. The van der Waals surface area contributed by atoms with E-state index in [1.54, 1.807) is 0 Å². The number of hydrogen-bond acceptors (Lipinski definition) is 1. The van der Waals surface area contributed by atoms with Gasteiger partial charge in [0.15, 0.2) is 0 Å². The van der Waals surface area contributed by atoms with Gasteiger partial charge in [-0.05, 0) is 50.4 Å². The zero-order valence-corrected chi connectivity index (χ0v) is 14.9. The topological polar surface area (TPSA) is 9.23 Å². The molecular formula is C18H31BrO. The van der Waals surface area contributed by atoms with Gasteiger partial charge in [-0.2, -0.15) is 0 Å². The molecule has 3 rings (SSSR count). The Balaban J connectivity index is 1.57. The van der Waals surface area contributed by atoms with Crippen molar-refractivity contribution >= 4 is 15.9 Å². The number of halogens is 1. The number of hydrogen-bond donors (Lipinski definition) is 0. The van der Waals surface area contributed by atoms with E-state index in [0.29, 0.717) is 23.0 Å². The van der Waals surface area contributed by atoms with Crippen molar-refractivity contribution in [3.05, 3.63) is 0 Å². The molecule has 0 radical (unpaired) electrons. The Hall–Kier alpha value is 0.440. The van der Waals surface area contributed by atoms with Gasteiger partial charge in [0, 0.05) is 10.2 Å². The van der Waals surface area contributed by atoms with E-state index in [9.17, 15) is 0 Å². The summed E-state index contributed by atoms with van der Waals surface area (Å²) in [5.41, 5.74) is 1.04. The average molecular weight is 343 g/mol. The molecule has 1 nitrogen and oxygen atoms in total. The summed E-state index contributed by atoms with van der Waals surface area (Å²) >= 11 is 3.96. The van der Waals surface area contributed by atoms with Crippen LogP contribution in [0.2, 0.25) is 0 Å². The standard InChI is InChI=1S/C18H31BrO/c1-17(2)11-7-14(8-12-17)20-16-13-15(19)18(16)9-5-3-4-6-10-18/h14-16H,3-13H2,1-2H3. The van der Waals surface area contributed by atoms with Gasteiger partial charge in [0.05, 0.1) is 12.2 Å². The van der Waals surface area contributed by atoms with Gasteiger partial charge in [-0.25, -0.2) is 0 Å². The third-order valence-corrected chi connectivity index (χ3v) is 7.65. The van der Waals surface area contributed by atoms with Gasteiger partial charge in [-0.3, -0.25) is 0 Å². The fourth-order valence-corrected chi connectivity index (χ4v) is 5.75. The van der Waals surface area contributed by atoms with E-state index in [0.717, 1.165) is 4.83 Å². The second-order valence-electron chi connectivity index (χ2n) is 8.34. The number of rotatable bonds is 2. The summed E-state index contributed by atoms with van der Waals surface area (Å²) in [5, 5.41) is 0. The zero-order valence-electron chi connectivity index (χ0n) is 13.3. The number of alkyl halides is 1. The smallest absolute Gasteiger partial charge is 0.0656 e. The fourth-order valence-electron chi connectivity index (χ4n) is 4.65. The molecule has 1 spiro atoms. The summed E-state index contributed by atoms with van der Waals surface area (Å²) in [6.07, 6.45) is 16.1. The SMILES string of the molecule is CC1(C)CCC(OC2CC(Br)C23CCCCCC3)CC1. The molecular weight excluding hydrogens is 312 g/mol. The fraction of sp³-hybridized carbons (Fsp3) is 1.00. The van der Waals surface area contributed by atoms with Crippen LogP contribution in [0.25, 0.3) is 0 Å². The molecule has 3 aliphatic rings. The molecule has 3 fully saturated rings. The van der Waals surface area contributed by atoms with Gasteiger partial charge in [-0.1, -0.05) is 55.5 Å². The Morgan fingerprint density at radius 3 is 2.05 bits per heavy atom. The van der Waals surface area contributed by atoms with Crippen LogP contribution >= 0.6 is 15.9 Å². The molecule has 0 aromatic rings. The maximum absolute atomic E-state index is 6.61. The Morgan fingerprint density at radius 2 is 1.50 bits per heavy atom. The quantitative estimate of drug-likeness (QED) is 0.572. The molecule has 20 heavy (non-hydrogen) atoms. The summed E-state index contributed by atoms with van der Waals surface area (Å²) < 4.78 is 6.61. The van der Waals surface area contributed by atoms with Crippen LogP contribution in [0.1, 0.15) is 84.5 Å². The molecule has 0 aromatic heterocycles. The lowest BCUT2D eigenvalue weighted by molar-refractivity contribution is -0.154. The Labute approximate surface area is 133 Å². The molecule has 2 atom stereocenters. The highest BCUT2D eigenvalue weighted by Gasteiger charge is 2.54. The molecule has 0 N–H and O–H groups in total. The Kier molecular flexibility index (Phi) is 4.53. The minimum absolute atomic E-state index is 0.490. The minimum atomic E-state index is 0.490. The van der Waals surface area contributed by atoms with Gasteiger partial charge in [0.25, 0.3) is 0 Å². The van der Waals surface area contributed by atoms with Gasteiger partial charge < -0.3 is 4.74 Å². The van der Waals surface area contributed by atoms with E-state index >= 15 is 0 Å². The predicted octanol–water partition coefficient (Wildman–Crippen LogP) is 5.85. The second-order valence-corrected chi connectivity index (χ2v) is 9.44. The van der Waals surface area contributed by atoms with Crippen molar-refractivity contribution in [2.75, 3.05) is 0 Å². The first kappa shape index (κ1) is 15.3. The molecule has 0 aromatic carbocycles. The lowest BCUT2D eigenvalue weighted by Crippen LogP contribution is -2.56. The molecule has 2 heteroatoms. The third kappa shape index (κ3) is 2.97. The van der Waals surface area contributed by atoms with Crippen LogP contribution in [-0.2, 0) is 4.74 Å². The van der Waals surface area contributed by atoms with Crippen molar-refractivity contribution in [2.45, 2.75) is 102 Å². The summed E-state index contributed by atoms with van der Waals surface area (Å²) in [4.78, 5) is 0.720. The molecule has 2 unspecified atom stereocenters. The van der Waals surface area contributed by atoms with E-state index in [4.69, 9.17) is 4.74 Å². The van der Waals surface area contributed by atoms with Gasteiger partial charge in [0.2, 0.25) is 0 Å². The normalized spacial score (nSPS) is 37.4. The van der Waals surface area contributed by atoms with Crippen LogP contribution in [0.5, 0.6) is 0 Å². The maximum atomic E-state index is 6.61. The van der Waals surface area contributed by atoms with Crippen LogP contribution in [0, 0.1) is 10.8 Å². The van der Waals surface area contributed by atoms with E-state index in [1.807, 2.05) is 0 Å². The molecule has 0 bridgehead atoms. The van der Waals surface area contributed by atoms with Crippen molar-refractivity contribution in [3.8, 4) is 0 Å². The summed E-state index contributed by atoms with van der Waals surface area (Å²) in [5.74, 6) is 0. The molecule has 3 saturated carbocycles. The van der Waals surface area contributed by atoms with E-state index in [-0.39, 0.29) is 0 Å². The highest BCUT2D eigenvalue weighted by molar-refractivity contribution is 9.09. The summed E-state index contributed by atoms with van der Waals surface area (Å²) in [7, 11) is 0. The monoisotopic (exact) mass is 342 g/mol. The molecule has 116 valence electrons. The molecule has 0 saturated heterocycles. The van der Waals surface area contributed by atoms with Crippen molar-refractivity contribution < 1.29 is 4.74 Å². The predicted molar refractivity (Wildman–Crippen MR) is 88.4 cm³/mol. The van der Waals surface area contributed by atoms with Crippen LogP contribution in [0.4, 0.5) is 0 Å². The lowest BCUT2D eigenvalue weighted by Gasteiger charge is -2.55. The van der Waals surface area contributed by atoms with Gasteiger partial charge in [0.1, 0.15) is 0 Å². The average Bonchev–Trinajstić information content (AvgIpc) is 2.68. The van der Waals surface area contributed by atoms with Crippen molar-refractivity contribution in [1.82, 2.24) is 0 Å².